The molecule has 0 fully saturated rings. The molecule has 3 N–H and O–H groups in total. The van der Waals surface area contributed by atoms with Gasteiger partial charge >= 0.3 is 5.97 Å². The smallest absolute Gasteiger partial charge is 0.350 e. The van der Waals surface area contributed by atoms with E-state index in [1.54, 1.807) is 11.4 Å². The molecule has 94 valence electrons. The van der Waals surface area contributed by atoms with Crippen LogP contribution in [0.2, 0.25) is 0 Å². The van der Waals surface area contributed by atoms with Gasteiger partial charge in [0.15, 0.2) is 6.61 Å². The predicted molar refractivity (Wildman–Crippen MR) is 66.9 cm³/mol. The van der Waals surface area contributed by atoms with Crippen molar-refractivity contribution < 1.29 is 14.3 Å². The lowest BCUT2D eigenvalue weighted by Gasteiger charge is -2.20. The number of esters is 1. The molecule has 1 aromatic heterocycles. The molecular weight excluding hydrogens is 240 g/mol. The minimum Gasteiger partial charge on any atom is -0.451 e. The summed E-state index contributed by atoms with van der Waals surface area (Å²) < 4.78 is 4.85. The molecule has 1 amide bonds. The minimum absolute atomic E-state index is 0.298. The van der Waals surface area contributed by atoms with Crippen LogP contribution in [0.5, 0.6) is 0 Å². The summed E-state index contributed by atoms with van der Waals surface area (Å²) in [5.41, 5.74) is 5.59. The van der Waals surface area contributed by atoms with E-state index >= 15 is 0 Å². The molecule has 0 saturated carbocycles. The molecule has 1 aromatic rings. The number of rotatable bonds is 3. The summed E-state index contributed by atoms with van der Waals surface area (Å²) in [6, 6.07) is 1.62. The zero-order valence-electron chi connectivity index (χ0n) is 10.1. The first-order valence-corrected chi connectivity index (χ1v) is 5.98. The third kappa shape index (κ3) is 4.44. The maximum absolute atomic E-state index is 11.5. The van der Waals surface area contributed by atoms with Gasteiger partial charge in [0.05, 0.1) is 5.69 Å². The highest BCUT2D eigenvalue weighted by atomic mass is 32.1. The van der Waals surface area contributed by atoms with Gasteiger partial charge in [-0.05, 0) is 32.2 Å². The Labute approximate surface area is 104 Å². The normalized spacial score (nSPS) is 11.0. The highest BCUT2D eigenvalue weighted by molar-refractivity contribution is 7.12. The quantitative estimate of drug-likeness (QED) is 0.801. The molecular formula is C11H16N2O3S. The first kappa shape index (κ1) is 13.5. The number of carbonyl (C=O) groups is 2. The van der Waals surface area contributed by atoms with Gasteiger partial charge in [0.1, 0.15) is 4.88 Å². The first-order chi connectivity index (χ1) is 7.79. The topological polar surface area (TPSA) is 81.4 Å². The Bertz CT molecular complexity index is 421. The van der Waals surface area contributed by atoms with Crippen molar-refractivity contribution in [3.8, 4) is 0 Å². The van der Waals surface area contributed by atoms with Gasteiger partial charge in [0.25, 0.3) is 5.91 Å². The molecule has 0 saturated heterocycles. The van der Waals surface area contributed by atoms with E-state index in [4.69, 9.17) is 10.5 Å². The summed E-state index contributed by atoms with van der Waals surface area (Å²) in [6.45, 7) is 5.26. The molecule has 0 atom stereocenters. The number of carbonyl (C=O) groups excluding carboxylic acids is 2. The van der Waals surface area contributed by atoms with Gasteiger partial charge in [-0.3, -0.25) is 4.79 Å². The first-order valence-electron chi connectivity index (χ1n) is 5.11. The molecule has 0 bridgehead atoms. The van der Waals surface area contributed by atoms with Crippen LogP contribution in [0.15, 0.2) is 11.4 Å². The number of hydrogen-bond donors (Lipinski definition) is 2. The summed E-state index contributed by atoms with van der Waals surface area (Å²) in [7, 11) is 0. The average Bonchev–Trinajstić information content (AvgIpc) is 2.58. The third-order valence-electron chi connectivity index (χ3n) is 1.73. The Morgan fingerprint density at radius 1 is 1.47 bits per heavy atom. The lowest BCUT2D eigenvalue weighted by atomic mass is 10.1. The van der Waals surface area contributed by atoms with Crippen LogP contribution in [0, 0.1) is 0 Å². The number of nitrogens with one attached hydrogen (secondary N) is 1. The Kier molecular flexibility index (Phi) is 4.11. The van der Waals surface area contributed by atoms with Crippen LogP contribution >= 0.6 is 11.3 Å². The van der Waals surface area contributed by atoms with Crippen molar-refractivity contribution >= 4 is 28.9 Å². The van der Waals surface area contributed by atoms with Gasteiger partial charge < -0.3 is 15.8 Å². The fourth-order valence-corrected chi connectivity index (χ4v) is 1.85. The van der Waals surface area contributed by atoms with E-state index in [1.165, 1.54) is 11.3 Å². The van der Waals surface area contributed by atoms with Crippen LogP contribution in [0.3, 0.4) is 0 Å². The van der Waals surface area contributed by atoms with Gasteiger partial charge in [-0.1, -0.05) is 0 Å². The molecule has 0 aliphatic carbocycles. The number of nitrogens with two attached hydrogens (primary N) is 1. The Balaban J connectivity index is 2.45. The standard InChI is InChI=1S/C11H16N2O3S/c1-11(2,3)13-8(14)6-16-10(15)9-7(12)4-5-17-9/h4-5H,6,12H2,1-3H3,(H,13,14). The van der Waals surface area contributed by atoms with Crippen LogP contribution in [0.25, 0.3) is 0 Å². The summed E-state index contributed by atoms with van der Waals surface area (Å²) in [5.74, 6) is -0.900. The average molecular weight is 256 g/mol. The zero-order valence-corrected chi connectivity index (χ0v) is 10.9. The van der Waals surface area contributed by atoms with E-state index < -0.39 is 5.97 Å². The van der Waals surface area contributed by atoms with Crippen molar-refractivity contribution in [2.24, 2.45) is 0 Å². The summed E-state index contributed by atoms with van der Waals surface area (Å²) in [5, 5.41) is 4.39. The number of hydrogen-bond acceptors (Lipinski definition) is 5. The zero-order chi connectivity index (χ0) is 13.1. The van der Waals surface area contributed by atoms with Crippen molar-refractivity contribution in [3.05, 3.63) is 16.3 Å². The van der Waals surface area contributed by atoms with Crippen LogP contribution in [0.4, 0.5) is 5.69 Å². The SMILES string of the molecule is CC(C)(C)NC(=O)COC(=O)c1sccc1N. The molecule has 0 aromatic carbocycles. The third-order valence-corrected chi connectivity index (χ3v) is 2.64. The maximum Gasteiger partial charge on any atom is 0.350 e. The fraction of sp³-hybridized carbons (Fsp3) is 0.455. The van der Waals surface area contributed by atoms with Crippen molar-refractivity contribution in [2.45, 2.75) is 26.3 Å². The van der Waals surface area contributed by atoms with Crippen molar-refractivity contribution in [1.29, 1.82) is 0 Å². The van der Waals surface area contributed by atoms with E-state index in [0.717, 1.165) is 0 Å². The van der Waals surface area contributed by atoms with E-state index in [9.17, 15) is 9.59 Å². The molecule has 0 unspecified atom stereocenters. The van der Waals surface area contributed by atoms with Crippen LogP contribution < -0.4 is 11.1 Å². The lowest BCUT2D eigenvalue weighted by Crippen LogP contribution is -2.42. The Hall–Kier alpha value is -1.56. The van der Waals surface area contributed by atoms with Crippen LogP contribution in [-0.4, -0.2) is 24.0 Å². The molecule has 17 heavy (non-hydrogen) atoms. The molecule has 1 rings (SSSR count). The number of nitrogen functional groups attached to an aromatic ring is 1. The van der Waals surface area contributed by atoms with Gasteiger partial charge in [-0.25, -0.2) is 4.79 Å². The summed E-state index contributed by atoms with van der Waals surface area (Å²) >= 11 is 1.19. The van der Waals surface area contributed by atoms with Crippen molar-refractivity contribution in [3.63, 3.8) is 0 Å². The van der Waals surface area contributed by atoms with Crippen molar-refractivity contribution in [2.75, 3.05) is 12.3 Å². The minimum atomic E-state index is -0.568. The second-order valence-electron chi connectivity index (χ2n) is 4.58. The number of thiophene rings is 1. The van der Waals surface area contributed by atoms with E-state index in [1.807, 2.05) is 20.8 Å². The molecule has 0 spiro atoms. The molecule has 0 radical (unpaired) electrons. The molecule has 5 nitrogen and oxygen atoms in total. The monoisotopic (exact) mass is 256 g/mol. The molecule has 0 aliphatic heterocycles. The maximum atomic E-state index is 11.5. The van der Waals surface area contributed by atoms with Crippen molar-refractivity contribution in [1.82, 2.24) is 5.32 Å². The van der Waals surface area contributed by atoms with Gasteiger partial charge in [-0.2, -0.15) is 0 Å². The van der Waals surface area contributed by atoms with Gasteiger partial charge in [0, 0.05) is 5.54 Å². The van der Waals surface area contributed by atoms with Crippen LogP contribution in [0.1, 0.15) is 30.4 Å². The van der Waals surface area contributed by atoms with E-state index in [0.29, 0.717) is 10.6 Å². The fourth-order valence-electron chi connectivity index (χ4n) is 1.14. The lowest BCUT2D eigenvalue weighted by molar-refractivity contribution is -0.125. The largest absolute Gasteiger partial charge is 0.451 e. The Morgan fingerprint density at radius 2 is 2.12 bits per heavy atom. The number of amides is 1. The Morgan fingerprint density at radius 3 is 2.59 bits per heavy atom. The highest BCUT2D eigenvalue weighted by Crippen LogP contribution is 2.19. The van der Waals surface area contributed by atoms with E-state index in [2.05, 4.69) is 5.32 Å². The molecule has 6 heteroatoms. The second kappa shape index (κ2) is 5.18. The second-order valence-corrected chi connectivity index (χ2v) is 5.50. The van der Waals surface area contributed by atoms with E-state index in [-0.39, 0.29) is 18.1 Å². The molecule has 1 heterocycles. The number of ether oxygens (including phenoxy) is 1. The van der Waals surface area contributed by atoms with Gasteiger partial charge in [0.2, 0.25) is 0 Å². The molecule has 0 aliphatic rings. The summed E-state index contributed by atoms with van der Waals surface area (Å²) in [4.78, 5) is 23.3. The van der Waals surface area contributed by atoms with Crippen LogP contribution in [-0.2, 0) is 9.53 Å². The van der Waals surface area contributed by atoms with Gasteiger partial charge in [-0.15, -0.1) is 11.3 Å². The highest BCUT2D eigenvalue weighted by Gasteiger charge is 2.17. The summed E-state index contributed by atoms with van der Waals surface area (Å²) in [6.07, 6.45) is 0. The predicted octanol–water partition coefficient (Wildman–Crippen LogP) is 1.40. The number of anilines is 1.